The second-order valence-corrected chi connectivity index (χ2v) is 6.31. The Bertz CT molecular complexity index is 452. The van der Waals surface area contributed by atoms with E-state index in [1.807, 2.05) is 0 Å². The van der Waals surface area contributed by atoms with Crippen molar-refractivity contribution in [3.05, 3.63) is 34.9 Å². The predicted octanol–water partition coefficient (Wildman–Crippen LogP) is 2.29. The lowest BCUT2D eigenvalue weighted by Gasteiger charge is -2.32. The summed E-state index contributed by atoms with van der Waals surface area (Å²) in [5, 5.41) is 0. The molecule has 3 nitrogen and oxygen atoms in total. The molecule has 0 saturated carbocycles. The average Bonchev–Trinajstić information content (AvgIpc) is 2.47. The summed E-state index contributed by atoms with van der Waals surface area (Å²) in [6.45, 7) is 11.9. The highest BCUT2D eigenvalue weighted by Crippen LogP contribution is 2.22. The van der Waals surface area contributed by atoms with Crippen LogP contribution in [0.2, 0.25) is 0 Å². The third-order valence-electron chi connectivity index (χ3n) is 4.55. The van der Waals surface area contributed by atoms with Crippen molar-refractivity contribution < 1.29 is 4.74 Å². The lowest BCUT2D eigenvalue weighted by Crippen LogP contribution is -2.37. The number of benzene rings is 1. The Morgan fingerprint density at radius 2 is 1.90 bits per heavy atom. The monoisotopic (exact) mass is 274 g/mol. The van der Waals surface area contributed by atoms with E-state index in [1.165, 1.54) is 24.1 Å². The quantitative estimate of drug-likeness (QED) is 0.841. The average molecular weight is 274 g/mol. The van der Waals surface area contributed by atoms with Gasteiger partial charge in [0.05, 0.1) is 13.2 Å². The van der Waals surface area contributed by atoms with E-state index in [-0.39, 0.29) is 0 Å². The van der Waals surface area contributed by atoms with Gasteiger partial charge in [0.2, 0.25) is 0 Å². The molecule has 0 unspecified atom stereocenters. The van der Waals surface area contributed by atoms with Crippen LogP contribution in [0.5, 0.6) is 0 Å². The smallest absolute Gasteiger partial charge is 0.0594 e. The minimum atomic E-state index is 0.644. The molecule has 1 aromatic rings. The molecular formula is C17H26N2O. The van der Waals surface area contributed by atoms with Crippen LogP contribution in [-0.2, 0) is 24.2 Å². The molecule has 3 rings (SSSR count). The lowest BCUT2D eigenvalue weighted by molar-refractivity contribution is 0.0341. The van der Waals surface area contributed by atoms with Gasteiger partial charge in [0.1, 0.15) is 0 Å². The number of nitrogens with zero attached hydrogens (tertiary/aromatic N) is 2. The van der Waals surface area contributed by atoms with Gasteiger partial charge in [-0.05, 0) is 37.0 Å². The third kappa shape index (κ3) is 3.22. The molecular weight excluding hydrogens is 248 g/mol. The van der Waals surface area contributed by atoms with Gasteiger partial charge in [0, 0.05) is 38.8 Å². The highest BCUT2D eigenvalue weighted by atomic mass is 16.5. The van der Waals surface area contributed by atoms with Crippen LogP contribution in [0.15, 0.2) is 18.2 Å². The molecule has 1 fully saturated rings. The summed E-state index contributed by atoms with van der Waals surface area (Å²) in [6, 6.07) is 7.74. The third-order valence-corrected chi connectivity index (χ3v) is 4.55. The first-order valence-corrected chi connectivity index (χ1v) is 7.87. The molecule has 0 radical (unpaired) electrons. The summed E-state index contributed by atoms with van der Waals surface area (Å²) < 4.78 is 5.42. The van der Waals surface area contributed by atoms with Gasteiger partial charge in [-0.25, -0.2) is 0 Å². The Morgan fingerprint density at radius 1 is 1.10 bits per heavy atom. The number of fused-ring (bicyclic) bond motifs is 1. The predicted molar refractivity (Wildman–Crippen MR) is 81.8 cm³/mol. The van der Waals surface area contributed by atoms with Crippen LogP contribution in [-0.4, -0.2) is 48.7 Å². The Morgan fingerprint density at radius 3 is 2.65 bits per heavy atom. The summed E-state index contributed by atoms with van der Waals surface area (Å²) >= 11 is 0. The number of morpholine rings is 1. The molecule has 2 aliphatic heterocycles. The van der Waals surface area contributed by atoms with Crippen molar-refractivity contribution in [2.24, 2.45) is 0 Å². The molecule has 1 aromatic carbocycles. The summed E-state index contributed by atoms with van der Waals surface area (Å²) in [5.41, 5.74) is 4.54. The van der Waals surface area contributed by atoms with Gasteiger partial charge in [-0.3, -0.25) is 9.80 Å². The topological polar surface area (TPSA) is 15.7 Å². The zero-order valence-electron chi connectivity index (χ0n) is 12.8. The fraction of sp³-hybridized carbons (Fsp3) is 0.647. The van der Waals surface area contributed by atoms with E-state index in [9.17, 15) is 0 Å². The first-order chi connectivity index (χ1) is 9.72. The molecule has 1 saturated heterocycles. The maximum absolute atomic E-state index is 5.42. The van der Waals surface area contributed by atoms with Crippen LogP contribution in [0.1, 0.15) is 30.5 Å². The normalized spacial score (nSPS) is 21.1. The van der Waals surface area contributed by atoms with Crippen molar-refractivity contribution >= 4 is 0 Å². The minimum absolute atomic E-state index is 0.644. The number of hydrogen-bond donors (Lipinski definition) is 0. The van der Waals surface area contributed by atoms with E-state index in [0.29, 0.717) is 6.04 Å². The first kappa shape index (κ1) is 14.1. The van der Waals surface area contributed by atoms with Crippen LogP contribution in [0.4, 0.5) is 0 Å². The second-order valence-electron chi connectivity index (χ2n) is 6.31. The van der Waals surface area contributed by atoms with Crippen LogP contribution >= 0.6 is 0 Å². The van der Waals surface area contributed by atoms with E-state index in [2.05, 4.69) is 41.8 Å². The number of rotatable bonds is 3. The SMILES string of the molecule is CC(C)N1CCc2ccc(CN3CCOCC3)cc2C1. The van der Waals surface area contributed by atoms with Crippen LogP contribution in [0, 0.1) is 0 Å². The molecule has 20 heavy (non-hydrogen) atoms. The standard InChI is InChI=1S/C17H26N2O/c1-14(2)19-6-5-16-4-3-15(11-17(16)13-19)12-18-7-9-20-10-8-18/h3-4,11,14H,5-10,12-13H2,1-2H3. The van der Waals surface area contributed by atoms with E-state index >= 15 is 0 Å². The van der Waals surface area contributed by atoms with Crippen molar-refractivity contribution in [3.63, 3.8) is 0 Å². The zero-order valence-corrected chi connectivity index (χ0v) is 12.8. The summed E-state index contributed by atoms with van der Waals surface area (Å²) in [4.78, 5) is 5.06. The molecule has 0 atom stereocenters. The first-order valence-electron chi connectivity index (χ1n) is 7.87. The van der Waals surface area contributed by atoms with E-state index in [1.54, 1.807) is 5.56 Å². The fourth-order valence-electron chi connectivity index (χ4n) is 3.19. The van der Waals surface area contributed by atoms with Crippen LogP contribution in [0.3, 0.4) is 0 Å². The van der Waals surface area contributed by atoms with E-state index in [0.717, 1.165) is 39.4 Å². The highest BCUT2D eigenvalue weighted by molar-refractivity contribution is 5.34. The van der Waals surface area contributed by atoms with Gasteiger partial charge in [-0.2, -0.15) is 0 Å². The number of hydrogen-bond acceptors (Lipinski definition) is 3. The van der Waals surface area contributed by atoms with Crippen molar-refractivity contribution in [2.75, 3.05) is 32.8 Å². The largest absolute Gasteiger partial charge is 0.379 e. The Hall–Kier alpha value is -0.900. The molecule has 0 N–H and O–H groups in total. The van der Waals surface area contributed by atoms with Crippen molar-refractivity contribution in [2.45, 2.75) is 39.4 Å². The van der Waals surface area contributed by atoms with Gasteiger partial charge in [0.15, 0.2) is 0 Å². The number of ether oxygens (including phenoxy) is 1. The molecule has 110 valence electrons. The van der Waals surface area contributed by atoms with Crippen LogP contribution in [0.25, 0.3) is 0 Å². The maximum atomic E-state index is 5.42. The fourth-order valence-corrected chi connectivity index (χ4v) is 3.19. The summed E-state index contributed by atoms with van der Waals surface area (Å²) in [5.74, 6) is 0. The molecule has 0 bridgehead atoms. The van der Waals surface area contributed by atoms with Crippen molar-refractivity contribution in [1.82, 2.24) is 9.80 Å². The second kappa shape index (κ2) is 6.25. The van der Waals surface area contributed by atoms with Gasteiger partial charge in [0.25, 0.3) is 0 Å². The Labute approximate surface area is 122 Å². The van der Waals surface area contributed by atoms with E-state index in [4.69, 9.17) is 4.74 Å². The zero-order chi connectivity index (χ0) is 13.9. The summed E-state index contributed by atoms with van der Waals surface area (Å²) in [7, 11) is 0. The van der Waals surface area contributed by atoms with Crippen molar-refractivity contribution in [3.8, 4) is 0 Å². The molecule has 0 aliphatic carbocycles. The molecule has 0 amide bonds. The van der Waals surface area contributed by atoms with Gasteiger partial charge >= 0.3 is 0 Å². The Kier molecular flexibility index (Phi) is 4.39. The van der Waals surface area contributed by atoms with Gasteiger partial charge in [-0.1, -0.05) is 18.2 Å². The maximum Gasteiger partial charge on any atom is 0.0594 e. The van der Waals surface area contributed by atoms with E-state index < -0.39 is 0 Å². The highest BCUT2D eigenvalue weighted by Gasteiger charge is 2.19. The minimum Gasteiger partial charge on any atom is -0.379 e. The van der Waals surface area contributed by atoms with Crippen molar-refractivity contribution in [1.29, 1.82) is 0 Å². The molecule has 2 heterocycles. The van der Waals surface area contributed by atoms with Gasteiger partial charge < -0.3 is 4.74 Å². The molecule has 0 spiro atoms. The molecule has 2 aliphatic rings. The Balaban J connectivity index is 1.70. The lowest BCUT2D eigenvalue weighted by atomic mass is 9.96. The molecule has 0 aromatic heterocycles. The van der Waals surface area contributed by atoms with Crippen LogP contribution < -0.4 is 0 Å². The molecule has 3 heteroatoms. The summed E-state index contributed by atoms with van der Waals surface area (Å²) in [6.07, 6.45) is 1.20. The van der Waals surface area contributed by atoms with Gasteiger partial charge in [-0.15, -0.1) is 0 Å².